The predicted octanol–water partition coefficient (Wildman–Crippen LogP) is 3.67. The number of hydrogen-bond donors (Lipinski definition) is 2. The van der Waals surface area contributed by atoms with Crippen LogP contribution < -0.4 is 15.4 Å². The maximum Gasteiger partial charge on any atom is 0.265 e. The molecule has 3 aromatic rings. The van der Waals surface area contributed by atoms with Gasteiger partial charge in [-0.15, -0.1) is 0 Å². The van der Waals surface area contributed by atoms with Crippen LogP contribution in [0.5, 0.6) is 5.75 Å². The predicted molar refractivity (Wildman–Crippen MR) is 122 cm³/mol. The van der Waals surface area contributed by atoms with Crippen molar-refractivity contribution in [2.45, 2.75) is 25.4 Å². The number of halogens is 1. The Balaban J connectivity index is 1.22. The Morgan fingerprint density at radius 3 is 2.84 bits per heavy atom. The molecule has 0 saturated carbocycles. The molecule has 0 spiro atoms. The van der Waals surface area contributed by atoms with Gasteiger partial charge in [-0.25, -0.2) is 4.68 Å². The first kappa shape index (κ1) is 21.6. The minimum Gasteiger partial charge on any atom is -0.480 e. The minimum absolute atomic E-state index is 0.239. The molecule has 2 N–H and O–H groups in total. The Morgan fingerprint density at radius 2 is 2.03 bits per heavy atom. The average molecular weight is 451 g/mol. The fourth-order valence-corrected chi connectivity index (χ4v) is 3.64. The molecule has 4 rings (SSSR count). The van der Waals surface area contributed by atoms with Crippen molar-refractivity contribution in [3.05, 3.63) is 89.4 Å². The topological polar surface area (TPSA) is 85.3 Å². The molecular formula is C24H23ClN4O3. The summed E-state index contributed by atoms with van der Waals surface area (Å²) in [7, 11) is 0. The van der Waals surface area contributed by atoms with Crippen LogP contribution in [0.15, 0.2) is 73.2 Å². The third-order valence-corrected chi connectivity index (χ3v) is 5.37. The van der Waals surface area contributed by atoms with Gasteiger partial charge >= 0.3 is 0 Å². The number of ether oxygens (including phenoxy) is 1. The van der Waals surface area contributed by atoms with Crippen molar-refractivity contribution in [1.82, 2.24) is 20.4 Å². The number of aryl methyl sites for hydroxylation is 1. The number of hydrogen-bond acceptors (Lipinski definition) is 4. The van der Waals surface area contributed by atoms with E-state index in [2.05, 4.69) is 22.3 Å². The molecule has 1 aromatic heterocycles. The normalized spacial score (nSPS) is 14.7. The molecule has 0 bridgehead atoms. The second-order valence-corrected chi connectivity index (χ2v) is 7.94. The van der Waals surface area contributed by atoms with Crippen molar-refractivity contribution in [3.63, 3.8) is 0 Å². The molecule has 2 amide bonds. The number of nitrogens with zero attached hydrogens (tertiary/aromatic N) is 2. The molecule has 0 fully saturated rings. The number of nitrogens with one attached hydrogen (secondary N) is 2. The van der Waals surface area contributed by atoms with E-state index in [1.807, 2.05) is 36.4 Å². The van der Waals surface area contributed by atoms with Gasteiger partial charge in [0.05, 0.1) is 17.4 Å². The number of aromatic nitrogens is 2. The number of rotatable bonds is 7. The monoisotopic (exact) mass is 450 g/mol. The van der Waals surface area contributed by atoms with Gasteiger partial charge in [-0.1, -0.05) is 36.4 Å². The van der Waals surface area contributed by atoms with Crippen molar-refractivity contribution in [3.8, 4) is 11.4 Å². The van der Waals surface area contributed by atoms with Gasteiger partial charge in [0, 0.05) is 29.9 Å². The minimum atomic E-state index is -0.584. The van der Waals surface area contributed by atoms with Crippen molar-refractivity contribution in [1.29, 1.82) is 0 Å². The summed E-state index contributed by atoms with van der Waals surface area (Å²) in [5.74, 6) is 0.193. The third kappa shape index (κ3) is 5.18. The van der Waals surface area contributed by atoms with E-state index in [1.165, 1.54) is 6.20 Å². The zero-order valence-electron chi connectivity index (χ0n) is 17.4. The van der Waals surface area contributed by atoms with Gasteiger partial charge in [0.15, 0.2) is 6.10 Å². The first-order valence-corrected chi connectivity index (χ1v) is 10.7. The molecule has 0 aliphatic carbocycles. The van der Waals surface area contributed by atoms with Crippen LogP contribution in [0, 0.1) is 0 Å². The zero-order chi connectivity index (χ0) is 22.5. The van der Waals surface area contributed by atoms with Crippen LogP contribution in [-0.2, 0) is 11.2 Å². The van der Waals surface area contributed by atoms with Gasteiger partial charge in [0.2, 0.25) is 0 Å². The van der Waals surface area contributed by atoms with Gasteiger partial charge in [-0.3, -0.25) is 9.59 Å². The molecule has 1 aliphatic heterocycles. The molecule has 32 heavy (non-hydrogen) atoms. The highest BCUT2D eigenvalue weighted by atomic mass is 35.5. The van der Waals surface area contributed by atoms with E-state index in [9.17, 15) is 9.59 Å². The van der Waals surface area contributed by atoms with E-state index in [0.29, 0.717) is 47.8 Å². The SMILES string of the molecule is C=C(CCNC(=O)c1cnn(-c2ccccc2)c1)NC(=O)[C@H]1CCc2cc(Cl)ccc2O1. The van der Waals surface area contributed by atoms with Gasteiger partial charge < -0.3 is 15.4 Å². The Morgan fingerprint density at radius 1 is 1.22 bits per heavy atom. The van der Waals surface area contributed by atoms with Crippen LogP contribution in [0.2, 0.25) is 5.02 Å². The van der Waals surface area contributed by atoms with E-state index in [1.54, 1.807) is 23.0 Å². The lowest BCUT2D eigenvalue weighted by atomic mass is 10.0. The second kappa shape index (κ2) is 9.70. The lowest BCUT2D eigenvalue weighted by Gasteiger charge is -2.25. The maximum absolute atomic E-state index is 12.5. The van der Waals surface area contributed by atoms with Crippen LogP contribution in [0.1, 0.15) is 28.8 Å². The Labute approximate surface area is 191 Å². The molecule has 7 nitrogen and oxygen atoms in total. The number of para-hydroxylation sites is 1. The van der Waals surface area contributed by atoms with Crippen LogP contribution in [-0.4, -0.2) is 34.2 Å². The van der Waals surface area contributed by atoms with Crippen molar-refractivity contribution in [2.24, 2.45) is 0 Å². The van der Waals surface area contributed by atoms with Crippen molar-refractivity contribution >= 4 is 23.4 Å². The van der Waals surface area contributed by atoms with Gasteiger partial charge in [0.1, 0.15) is 5.75 Å². The van der Waals surface area contributed by atoms with Gasteiger partial charge in [-0.05, 0) is 48.7 Å². The molecule has 0 saturated heterocycles. The molecule has 0 radical (unpaired) electrons. The smallest absolute Gasteiger partial charge is 0.265 e. The van der Waals surface area contributed by atoms with E-state index in [-0.39, 0.29) is 11.8 Å². The highest BCUT2D eigenvalue weighted by Crippen LogP contribution is 2.30. The van der Waals surface area contributed by atoms with Crippen molar-refractivity contribution < 1.29 is 14.3 Å². The Bertz CT molecular complexity index is 1140. The Kier molecular flexibility index (Phi) is 6.56. The first-order valence-electron chi connectivity index (χ1n) is 10.3. The second-order valence-electron chi connectivity index (χ2n) is 7.51. The van der Waals surface area contributed by atoms with Gasteiger partial charge in [-0.2, -0.15) is 5.10 Å². The summed E-state index contributed by atoms with van der Waals surface area (Å²) in [5.41, 5.74) is 2.84. The largest absolute Gasteiger partial charge is 0.480 e. The average Bonchev–Trinajstić information content (AvgIpc) is 3.29. The van der Waals surface area contributed by atoms with Crippen LogP contribution in [0.3, 0.4) is 0 Å². The van der Waals surface area contributed by atoms with Crippen LogP contribution in [0.4, 0.5) is 0 Å². The summed E-state index contributed by atoms with van der Waals surface area (Å²) in [6.07, 6.45) is 4.29. The van der Waals surface area contributed by atoms with E-state index in [0.717, 1.165) is 11.3 Å². The van der Waals surface area contributed by atoms with Crippen LogP contribution in [0.25, 0.3) is 5.69 Å². The number of fused-ring (bicyclic) bond motifs is 1. The number of carbonyl (C=O) groups excluding carboxylic acids is 2. The summed E-state index contributed by atoms with van der Waals surface area (Å²) in [6, 6.07) is 14.9. The number of amides is 2. The third-order valence-electron chi connectivity index (χ3n) is 5.14. The van der Waals surface area contributed by atoms with E-state index < -0.39 is 6.10 Å². The van der Waals surface area contributed by atoms with Crippen LogP contribution >= 0.6 is 11.6 Å². The first-order chi connectivity index (χ1) is 15.5. The fourth-order valence-electron chi connectivity index (χ4n) is 3.45. The fraction of sp³-hybridized carbons (Fsp3) is 0.208. The molecule has 8 heteroatoms. The van der Waals surface area contributed by atoms with Crippen molar-refractivity contribution in [2.75, 3.05) is 6.54 Å². The van der Waals surface area contributed by atoms with E-state index >= 15 is 0 Å². The summed E-state index contributed by atoms with van der Waals surface area (Å²) < 4.78 is 7.44. The Hall–Kier alpha value is -3.58. The quantitative estimate of drug-likeness (QED) is 0.575. The molecule has 1 atom stereocenters. The highest BCUT2D eigenvalue weighted by molar-refractivity contribution is 6.30. The summed E-state index contributed by atoms with van der Waals surface area (Å²) in [4.78, 5) is 24.9. The molecule has 164 valence electrons. The summed E-state index contributed by atoms with van der Waals surface area (Å²) in [6.45, 7) is 4.22. The summed E-state index contributed by atoms with van der Waals surface area (Å²) >= 11 is 6.00. The molecule has 0 unspecified atom stereocenters. The molecule has 2 aromatic carbocycles. The lowest BCUT2D eigenvalue weighted by Crippen LogP contribution is -2.40. The van der Waals surface area contributed by atoms with E-state index in [4.69, 9.17) is 16.3 Å². The lowest BCUT2D eigenvalue weighted by molar-refractivity contribution is -0.127. The maximum atomic E-state index is 12.5. The standard InChI is InChI=1S/C24H23ClN4O3/c1-16(28-24(31)22-9-7-17-13-19(25)8-10-21(17)32-22)11-12-26-23(30)18-14-27-29(15-18)20-5-3-2-4-6-20/h2-6,8,10,13-15,22H,1,7,9,11-12H2,(H,26,30)(H,28,31)/t22-/m1/s1. The molecular weight excluding hydrogens is 428 g/mol. The van der Waals surface area contributed by atoms with Gasteiger partial charge in [0.25, 0.3) is 11.8 Å². The highest BCUT2D eigenvalue weighted by Gasteiger charge is 2.26. The number of benzene rings is 2. The molecule has 2 heterocycles. The zero-order valence-corrected chi connectivity index (χ0v) is 18.1. The number of carbonyl (C=O) groups is 2. The molecule has 1 aliphatic rings. The summed E-state index contributed by atoms with van der Waals surface area (Å²) in [5, 5.41) is 10.5.